The van der Waals surface area contributed by atoms with Gasteiger partial charge in [-0.15, -0.1) is 0 Å². The topological polar surface area (TPSA) is 54.5 Å². The van der Waals surface area contributed by atoms with E-state index >= 15 is 0 Å². The summed E-state index contributed by atoms with van der Waals surface area (Å²) < 4.78 is 22.5. The molecule has 0 aromatic heterocycles. The zero-order valence-electron chi connectivity index (χ0n) is 8.57. The van der Waals surface area contributed by atoms with E-state index in [1.165, 1.54) is 6.26 Å². The van der Waals surface area contributed by atoms with E-state index in [9.17, 15) is 13.2 Å². The number of likely N-dealkylation sites (tertiary alicyclic amines) is 1. The summed E-state index contributed by atoms with van der Waals surface area (Å²) in [5.41, 5.74) is 0. The lowest BCUT2D eigenvalue weighted by Crippen LogP contribution is -2.40. The maximum atomic E-state index is 11.6. The molecule has 0 aromatic rings. The van der Waals surface area contributed by atoms with E-state index in [0.29, 0.717) is 25.9 Å². The summed E-state index contributed by atoms with van der Waals surface area (Å²) in [4.78, 5) is 13.2. The van der Waals surface area contributed by atoms with Crippen LogP contribution < -0.4 is 0 Å². The Morgan fingerprint density at radius 1 is 1.53 bits per heavy atom. The smallest absolute Gasteiger partial charge is 0.236 e. The zero-order valence-corrected chi connectivity index (χ0v) is 11.0. The van der Waals surface area contributed by atoms with Crippen LogP contribution in [-0.2, 0) is 14.6 Å². The molecular formula is C9H14BrNO3S. The molecule has 86 valence electrons. The number of amides is 1. The van der Waals surface area contributed by atoms with Crippen molar-refractivity contribution in [3.63, 3.8) is 0 Å². The molecule has 15 heavy (non-hydrogen) atoms. The van der Waals surface area contributed by atoms with Gasteiger partial charge in [0.05, 0.1) is 9.57 Å². The summed E-state index contributed by atoms with van der Waals surface area (Å²) in [5.74, 6) is 0.0323. The molecule has 1 aliphatic heterocycles. The number of rotatable bonds is 3. The Morgan fingerprint density at radius 3 is 2.47 bits per heavy atom. The summed E-state index contributed by atoms with van der Waals surface area (Å²) in [5, 5.41) is 0. The minimum absolute atomic E-state index is 0.0323. The van der Waals surface area contributed by atoms with Gasteiger partial charge in [0.2, 0.25) is 5.91 Å². The van der Waals surface area contributed by atoms with Gasteiger partial charge in [0.1, 0.15) is 0 Å². The highest BCUT2D eigenvalue weighted by Gasteiger charge is 2.54. The van der Waals surface area contributed by atoms with E-state index in [1.54, 1.807) is 4.90 Å². The molecule has 0 N–H and O–H groups in total. The Bertz CT molecular complexity index is 388. The predicted octanol–water partition coefficient (Wildman–Crippen LogP) is 0.559. The highest BCUT2D eigenvalue weighted by molar-refractivity contribution is 9.10. The number of hydrogen-bond acceptors (Lipinski definition) is 3. The Labute approximate surface area is 98.1 Å². The van der Waals surface area contributed by atoms with Crippen LogP contribution in [0.2, 0.25) is 0 Å². The molecule has 0 spiro atoms. The molecule has 1 amide bonds. The summed E-state index contributed by atoms with van der Waals surface area (Å²) >= 11 is 3.28. The fraction of sp³-hybridized carbons (Fsp3) is 0.889. The van der Waals surface area contributed by atoms with E-state index in [2.05, 4.69) is 15.9 Å². The molecule has 2 rings (SSSR count). The third-order valence-electron chi connectivity index (χ3n) is 3.31. The second-order valence-electron chi connectivity index (χ2n) is 4.47. The van der Waals surface area contributed by atoms with Crippen molar-refractivity contribution >= 4 is 31.7 Å². The summed E-state index contributed by atoms with van der Waals surface area (Å²) in [6.45, 7) is 1.05. The van der Waals surface area contributed by atoms with Crippen LogP contribution in [0.25, 0.3) is 0 Å². The number of carbonyl (C=O) groups is 1. The normalized spacial score (nSPS) is 29.6. The summed E-state index contributed by atoms with van der Waals surface area (Å²) in [6.07, 6.45) is 3.44. The van der Waals surface area contributed by atoms with Crippen LogP contribution in [0.3, 0.4) is 0 Å². The van der Waals surface area contributed by atoms with Crippen molar-refractivity contribution in [2.75, 3.05) is 19.3 Å². The fourth-order valence-electron chi connectivity index (χ4n) is 1.99. The Balaban J connectivity index is 2.08. The van der Waals surface area contributed by atoms with E-state index in [1.807, 2.05) is 0 Å². The van der Waals surface area contributed by atoms with Crippen LogP contribution in [-0.4, -0.2) is 48.1 Å². The van der Waals surface area contributed by atoms with Crippen LogP contribution >= 0.6 is 15.9 Å². The van der Waals surface area contributed by atoms with Crippen LogP contribution in [0.1, 0.15) is 19.3 Å². The minimum atomic E-state index is -3.03. The van der Waals surface area contributed by atoms with Gasteiger partial charge in [-0.05, 0) is 19.3 Å². The molecule has 0 radical (unpaired) electrons. The molecule has 2 aliphatic rings. The van der Waals surface area contributed by atoms with Crippen molar-refractivity contribution in [1.82, 2.24) is 4.90 Å². The lowest BCUT2D eigenvalue weighted by molar-refractivity contribution is -0.127. The average Bonchev–Trinajstić information content (AvgIpc) is 2.84. The van der Waals surface area contributed by atoms with E-state index in [4.69, 9.17) is 0 Å². The van der Waals surface area contributed by atoms with Gasteiger partial charge in [0.25, 0.3) is 0 Å². The van der Waals surface area contributed by atoms with Gasteiger partial charge in [-0.2, -0.15) is 0 Å². The van der Waals surface area contributed by atoms with Crippen molar-refractivity contribution in [3.05, 3.63) is 0 Å². The molecule has 1 heterocycles. The fourth-order valence-corrected chi connectivity index (χ4v) is 3.72. The molecule has 2 fully saturated rings. The van der Waals surface area contributed by atoms with Gasteiger partial charge in [0.15, 0.2) is 9.84 Å². The standard InChI is InChI=1S/C9H14BrNO3S/c1-15(13,14)9(3-4-9)6-11-5-2-7(10)8(11)12/h7H,2-6H2,1H3. The average molecular weight is 296 g/mol. The van der Waals surface area contributed by atoms with Crippen LogP contribution in [0.4, 0.5) is 0 Å². The first-order chi connectivity index (χ1) is 6.86. The molecule has 0 aromatic carbocycles. The zero-order chi connectivity index (χ0) is 11.3. The lowest BCUT2D eigenvalue weighted by atomic mass is 10.4. The molecule has 1 saturated carbocycles. The van der Waals surface area contributed by atoms with Crippen molar-refractivity contribution in [3.8, 4) is 0 Å². The number of sulfone groups is 1. The third-order valence-corrected chi connectivity index (χ3v) is 6.27. The van der Waals surface area contributed by atoms with E-state index < -0.39 is 14.6 Å². The Morgan fingerprint density at radius 2 is 2.13 bits per heavy atom. The quantitative estimate of drug-likeness (QED) is 0.715. The van der Waals surface area contributed by atoms with Crippen LogP contribution in [0, 0.1) is 0 Å². The minimum Gasteiger partial charge on any atom is -0.340 e. The maximum absolute atomic E-state index is 11.6. The number of nitrogens with zero attached hydrogens (tertiary/aromatic N) is 1. The number of hydrogen-bond donors (Lipinski definition) is 0. The molecule has 0 bridgehead atoms. The van der Waals surface area contributed by atoms with Gasteiger partial charge in [0, 0.05) is 19.3 Å². The van der Waals surface area contributed by atoms with Crippen LogP contribution in [0.5, 0.6) is 0 Å². The first-order valence-corrected chi connectivity index (χ1v) is 7.79. The van der Waals surface area contributed by atoms with Gasteiger partial charge in [-0.1, -0.05) is 15.9 Å². The second-order valence-corrected chi connectivity index (χ2v) is 7.99. The molecule has 1 saturated heterocycles. The summed E-state index contributed by atoms with van der Waals surface area (Å²) in [7, 11) is -3.03. The monoisotopic (exact) mass is 295 g/mol. The Hall–Kier alpha value is -0.100. The second kappa shape index (κ2) is 3.45. The van der Waals surface area contributed by atoms with Crippen LogP contribution in [0.15, 0.2) is 0 Å². The molecule has 4 nitrogen and oxygen atoms in total. The highest BCUT2D eigenvalue weighted by Crippen LogP contribution is 2.44. The first-order valence-electron chi connectivity index (χ1n) is 4.98. The third kappa shape index (κ3) is 1.93. The maximum Gasteiger partial charge on any atom is 0.236 e. The molecular weight excluding hydrogens is 282 g/mol. The number of carbonyl (C=O) groups excluding carboxylic acids is 1. The largest absolute Gasteiger partial charge is 0.340 e. The predicted molar refractivity (Wildman–Crippen MR) is 60.7 cm³/mol. The lowest BCUT2D eigenvalue weighted by Gasteiger charge is -2.22. The Kier molecular flexibility index (Phi) is 2.62. The van der Waals surface area contributed by atoms with Crippen molar-refractivity contribution in [2.24, 2.45) is 0 Å². The molecule has 1 aliphatic carbocycles. The van der Waals surface area contributed by atoms with E-state index in [-0.39, 0.29) is 10.7 Å². The van der Waals surface area contributed by atoms with Gasteiger partial charge < -0.3 is 4.90 Å². The van der Waals surface area contributed by atoms with Crippen molar-refractivity contribution in [1.29, 1.82) is 0 Å². The molecule has 1 unspecified atom stereocenters. The summed E-state index contributed by atoms with van der Waals surface area (Å²) in [6, 6.07) is 0. The van der Waals surface area contributed by atoms with Gasteiger partial charge in [-0.25, -0.2) is 8.42 Å². The van der Waals surface area contributed by atoms with Crippen molar-refractivity contribution < 1.29 is 13.2 Å². The molecule has 1 atom stereocenters. The van der Waals surface area contributed by atoms with Gasteiger partial charge >= 0.3 is 0 Å². The van der Waals surface area contributed by atoms with Gasteiger partial charge in [-0.3, -0.25) is 4.79 Å². The highest BCUT2D eigenvalue weighted by atomic mass is 79.9. The first kappa shape index (κ1) is 11.4. The molecule has 6 heteroatoms. The SMILES string of the molecule is CS(=O)(=O)C1(CN2CCC(Br)C2=O)CC1. The van der Waals surface area contributed by atoms with E-state index in [0.717, 1.165) is 6.42 Å². The van der Waals surface area contributed by atoms with Crippen molar-refractivity contribution in [2.45, 2.75) is 28.8 Å². The number of halogens is 1. The number of alkyl halides is 1.